The first kappa shape index (κ1) is 20.8. The van der Waals surface area contributed by atoms with Gasteiger partial charge in [-0.25, -0.2) is 9.37 Å². The van der Waals surface area contributed by atoms with Gasteiger partial charge in [0, 0.05) is 23.5 Å². The Morgan fingerprint density at radius 3 is 2.57 bits per heavy atom. The minimum atomic E-state index is -0.413. The molecular weight excluding hydrogens is 393 g/mol. The molecule has 0 aliphatic heterocycles. The molecule has 1 amide bonds. The average molecular weight is 418 g/mol. The molecule has 4 nitrogen and oxygen atoms in total. The summed E-state index contributed by atoms with van der Waals surface area (Å²) in [5, 5.41) is 0.651. The molecule has 7 heteroatoms. The van der Waals surface area contributed by atoms with Crippen LogP contribution in [0.3, 0.4) is 0 Å². The monoisotopic (exact) mass is 417 g/mol. The van der Waals surface area contributed by atoms with Crippen molar-refractivity contribution in [1.82, 2.24) is 9.88 Å². The molecule has 0 unspecified atom stereocenters. The van der Waals surface area contributed by atoms with Crippen molar-refractivity contribution in [2.24, 2.45) is 0 Å². The van der Waals surface area contributed by atoms with E-state index in [1.54, 1.807) is 28.8 Å². The second kappa shape index (κ2) is 9.49. The first-order chi connectivity index (χ1) is 13.6. The van der Waals surface area contributed by atoms with Gasteiger partial charge in [-0.1, -0.05) is 37.3 Å². The zero-order valence-electron chi connectivity index (χ0n) is 16.3. The highest BCUT2D eigenvalue weighted by atomic mass is 32.2. The largest absolute Gasteiger partial charge is 0.302 e. The maximum Gasteiger partial charge on any atom is 0.260 e. The quantitative estimate of drug-likeness (QED) is 0.475. The number of aromatic nitrogens is 1. The van der Waals surface area contributed by atoms with Gasteiger partial charge in [0.1, 0.15) is 5.82 Å². The van der Waals surface area contributed by atoms with E-state index in [1.807, 2.05) is 24.5 Å². The summed E-state index contributed by atoms with van der Waals surface area (Å²) in [5.41, 5.74) is 1.25. The zero-order valence-corrected chi connectivity index (χ0v) is 17.9. The van der Waals surface area contributed by atoms with Gasteiger partial charge < -0.3 is 4.90 Å². The summed E-state index contributed by atoms with van der Waals surface area (Å²) < 4.78 is 14.7. The number of likely N-dealkylation sites (N-methyl/N-ethyl adjacent to an activating group) is 1. The highest BCUT2D eigenvalue weighted by Gasteiger charge is 2.22. The van der Waals surface area contributed by atoms with Crippen molar-refractivity contribution >= 4 is 44.4 Å². The molecule has 1 aromatic heterocycles. The normalized spacial score (nSPS) is 11.3. The zero-order chi connectivity index (χ0) is 20.1. The van der Waals surface area contributed by atoms with E-state index in [2.05, 4.69) is 18.7 Å². The number of rotatable bonds is 8. The molecule has 0 saturated heterocycles. The van der Waals surface area contributed by atoms with Crippen LogP contribution in [0.4, 0.5) is 9.52 Å². The van der Waals surface area contributed by atoms with Crippen LogP contribution in [0.1, 0.15) is 24.2 Å². The third kappa shape index (κ3) is 4.54. The molecule has 2 aromatic carbocycles. The lowest BCUT2D eigenvalue weighted by atomic mass is 10.2. The van der Waals surface area contributed by atoms with E-state index in [0.29, 0.717) is 17.2 Å². The Balaban J connectivity index is 1.99. The highest BCUT2D eigenvalue weighted by molar-refractivity contribution is 7.98. The number of hydrogen-bond acceptors (Lipinski definition) is 5. The van der Waals surface area contributed by atoms with Gasteiger partial charge >= 0.3 is 0 Å². The Morgan fingerprint density at radius 2 is 1.89 bits per heavy atom. The van der Waals surface area contributed by atoms with Crippen LogP contribution in [0.25, 0.3) is 10.2 Å². The lowest BCUT2D eigenvalue weighted by Crippen LogP contribution is -2.38. The molecule has 0 radical (unpaired) electrons. The van der Waals surface area contributed by atoms with E-state index in [0.717, 1.165) is 34.7 Å². The van der Waals surface area contributed by atoms with Crippen LogP contribution < -0.4 is 4.90 Å². The number of fused-ring (bicyclic) bond motifs is 1. The van der Waals surface area contributed by atoms with E-state index in [9.17, 15) is 9.18 Å². The van der Waals surface area contributed by atoms with Crippen molar-refractivity contribution in [1.29, 1.82) is 0 Å². The number of thiazole rings is 1. The summed E-state index contributed by atoms with van der Waals surface area (Å²) >= 11 is 3.14. The smallest absolute Gasteiger partial charge is 0.260 e. The summed E-state index contributed by atoms with van der Waals surface area (Å²) in [7, 11) is 0. The number of para-hydroxylation sites is 1. The molecule has 0 bridgehead atoms. The molecular formula is C21H24FN3OS2. The first-order valence-corrected chi connectivity index (χ1v) is 11.3. The van der Waals surface area contributed by atoms with Gasteiger partial charge in [-0.3, -0.25) is 9.69 Å². The minimum Gasteiger partial charge on any atom is -0.302 e. The SMILES string of the molecule is CCN(CC)CCN(C(=O)c1cccc(F)c1)c1nc2c(SC)cccc2s1. The molecule has 0 aliphatic carbocycles. The Morgan fingerprint density at radius 1 is 1.14 bits per heavy atom. The molecule has 148 valence electrons. The predicted molar refractivity (Wildman–Crippen MR) is 117 cm³/mol. The van der Waals surface area contributed by atoms with Gasteiger partial charge in [-0.15, -0.1) is 11.8 Å². The maximum absolute atomic E-state index is 13.7. The lowest BCUT2D eigenvalue weighted by Gasteiger charge is -2.24. The molecule has 0 fully saturated rings. The van der Waals surface area contributed by atoms with Crippen LogP contribution in [0.2, 0.25) is 0 Å². The van der Waals surface area contributed by atoms with E-state index >= 15 is 0 Å². The van der Waals surface area contributed by atoms with Gasteiger partial charge in [0.2, 0.25) is 0 Å². The molecule has 3 aromatic rings. The number of nitrogens with zero attached hydrogens (tertiary/aromatic N) is 3. The van der Waals surface area contributed by atoms with Crippen molar-refractivity contribution in [3.8, 4) is 0 Å². The number of carbonyl (C=O) groups is 1. The highest BCUT2D eigenvalue weighted by Crippen LogP contribution is 2.34. The van der Waals surface area contributed by atoms with Crippen LogP contribution in [0.5, 0.6) is 0 Å². The fraction of sp³-hybridized carbons (Fsp3) is 0.333. The fourth-order valence-corrected chi connectivity index (χ4v) is 4.68. The Kier molecular flexibility index (Phi) is 7.04. The van der Waals surface area contributed by atoms with Gasteiger partial charge in [0.25, 0.3) is 5.91 Å². The Bertz CT molecular complexity index is 956. The second-order valence-electron chi connectivity index (χ2n) is 6.30. The van der Waals surface area contributed by atoms with Gasteiger partial charge in [-0.2, -0.15) is 0 Å². The summed E-state index contributed by atoms with van der Waals surface area (Å²) in [5.74, 6) is -0.639. The van der Waals surface area contributed by atoms with Gasteiger partial charge in [0.15, 0.2) is 5.13 Å². The third-order valence-corrected chi connectivity index (χ3v) is 6.49. The number of benzene rings is 2. The van der Waals surface area contributed by atoms with Crippen LogP contribution >= 0.6 is 23.1 Å². The van der Waals surface area contributed by atoms with E-state index in [4.69, 9.17) is 4.98 Å². The average Bonchev–Trinajstić information content (AvgIpc) is 3.14. The van der Waals surface area contributed by atoms with E-state index < -0.39 is 5.82 Å². The van der Waals surface area contributed by atoms with E-state index in [-0.39, 0.29) is 5.91 Å². The second-order valence-corrected chi connectivity index (χ2v) is 8.15. The van der Waals surface area contributed by atoms with Crippen molar-refractivity contribution in [2.75, 3.05) is 37.3 Å². The fourth-order valence-electron chi connectivity index (χ4n) is 3.03. The number of amides is 1. The molecule has 0 atom stereocenters. The van der Waals surface area contributed by atoms with Gasteiger partial charge in [0.05, 0.1) is 10.2 Å². The molecule has 0 N–H and O–H groups in total. The van der Waals surface area contributed by atoms with Gasteiger partial charge in [-0.05, 0) is 49.7 Å². The maximum atomic E-state index is 13.7. The first-order valence-electron chi connectivity index (χ1n) is 9.30. The number of halogens is 1. The number of anilines is 1. The standard InChI is InChI=1S/C21H24FN3OS2/c1-4-24(5-2)12-13-25(20(26)15-8-6-9-16(22)14-15)21-23-19-17(27-3)10-7-11-18(19)28-21/h6-11,14H,4-5,12-13H2,1-3H3. The lowest BCUT2D eigenvalue weighted by molar-refractivity contribution is 0.0983. The molecule has 1 heterocycles. The topological polar surface area (TPSA) is 36.4 Å². The van der Waals surface area contributed by atoms with Crippen LogP contribution in [-0.4, -0.2) is 48.2 Å². The summed E-state index contributed by atoms with van der Waals surface area (Å²) in [6.07, 6.45) is 2.02. The molecule has 0 aliphatic rings. The van der Waals surface area contributed by atoms with Crippen molar-refractivity contribution in [3.05, 3.63) is 53.8 Å². The molecule has 0 spiro atoms. The molecule has 28 heavy (non-hydrogen) atoms. The Labute approximate surface area is 173 Å². The van der Waals surface area contributed by atoms with Crippen LogP contribution in [0.15, 0.2) is 47.4 Å². The van der Waals surface area contributed by atoms with Crippen LogP contribution in [0, 0.1) is 5.82 Å². The summed E-state index contributed by atoms with van der Waals surface area (Å²) in [4.78, 5) is 23.0. The molecule has 0 saturated carbocycles. The van der Waals surface area contributed by atoms with Crippen LogP contribution in [-0.2, 0) is 0 Å². The number of thioether (sulfide) groups is 1. The predicted octanol–water partition coefficient (Wildman–Crippen LogP) is 5.15. The van der Waals surface area contributed by atoms with E-state index in [1.165, 1.54) is 23.5 Å². The minimum absolute atomic E-state index is 0.226. The summed E-state index contributed by atoms with van der Waals surface area (Å²) in [6, 6.07) is 11.9. The summed E-state index contributed by atoms with van der Waals surface area (Å²) in [6.45, 7) is 7.27. The molecule has 3 rings (SSSR count). The number of carbonyl (C=O) groups excluding carboxylic acids is 1. The van der Waals surface area contributed by atoms with Crippen molar-refractivity contribution in [3.63, 3.8) is 0 Å². The number of hydrogen-bond donors (Lipinski definition) is 0. The third-order valence-electron chi connectivity index (χ3n) is 4.67. The van der Waals surface area contributed by atoms with Crippen molar-refractivity contribution in [2.45, 2.75) is 18.7 Å². The van der Waals surface area contributed by atoms with Crippen molar-refractivity contribution < 1.29 is 9.18 Å². The Hall–Kier alpha value is -1.96.